The summed E-state index contributed by atoms with van der Waals surface area (Å²) < 4.78 is 0. The molecule has 3 rings (SSSR count). The number of rotatable bonds is 2. The van der Waals surface area contributed by atoms with Crippen LogP contribution in [0.2, 0.25) is 0 Å². The van der Waals surface area contributed by atoms with E-state index in [1.165, 1.54) is 11.3 Å². The predicted octanol–water partition coefficient (Wildman–Crippen LogP) is 2.42. The van der Waals surface area contributed by atoms with Gasteiger partial charge >= 0.3 is 0 Å². The summed E-state index contributed by atoms with van der Waals surface area (Å²) in [6.07, 6.45) is 1.00. The van der Waals surface area contributed by atoms with Crippen molar-refractivity contribution in [2.75, 3.05) is 11.4 Å². The summed E-state index contributed by atoms with van der Waals surface area (Å²) in [5.41, 5.74) is 11.1. The summed E-state index contributed by atoms with van der Waals surface area (Å²) in [5.74, 6) is 0.769. The number of aromatic nitrogens is 2. The lowest BCUT2D eigenvalue weighted by atomic mass is 10.1. The molecular formula is C15H16N4S. The Morgan fingerprint density at radius 3 is 2.75 bits per heavy atom. The number of anilines is 2. The molecule has 102 valence electrons. The normalized spacial score (nSPS) is 13.4. The zero-order valence-corrected chi connectivity index (χ0v) is 12.4. The van der Waals surface area contributed by atoms with Crippen LogP contribution < -0.4 is 10.6 Å². The van der Waals surface area contributed by atoms with Crippen molar-refractivity contribution in [1.82, 2.24) is 10.2 Å². The monoisotopic (exact) mass is 284 g/mol. The minimum Gasteiger partial charge on any atom is -0.389 e. The quantitative estimate of drug-likeness (QED) is 0.858. The van der Waals surface area contributed by atoms with E-state index in [1.54, 1.807) is 0 Å². The fraction of sp³-hybridized carbons (Fsp3) is 0.267. The van der Waals surface area contributed by atoms with E-state index >= 15 is 0 Å². The van der Waals surface area contributed by atoms with Crippen LogP contribution in [0.4, 0.5) is 11.5 Å². The van der Waals surface area contributed by atoms with Crippen molar-refractivity contribution >= 4 is 28.7 Å². The second-order valence-electron chi connectivity index (χ2n) is 5.00. The van der Waals surface area contributed by atoms with E-state index in [1.807, 2.05) is 19.9 Å². The molecule has 1 aromatic heterocycles. The Labute approximate surface area is 123 Å². The maximum Gasteiger partial charge on any atom is 0.166 e. The topological polar surface area (TPSA) is 55.0 Å². The molecule has 0 saturated carbocycles. The van der Waals surface area contributed by atoms with Crippen LogP contribution in [0.1, 0.15) is 22.4 Å². The number of aryl methyl sites for hydroxylation is 1. The number of nitrogens with two attached hydrogens (primary N) is 1. The summed E-state index contributed by atoms with van der Waals surface area (Å²) in [7, 11) is 0. The van der Waals surface area contributed by atoms with Crippen molar-refractivity contribution in [3.8, 4) is 0 Å². The van der Waals surface area contributed by atoms with Crippen molar-refractivity contribution in [2.45, 2.75) is 20.3 Å². The zero-order valence-electron chi connectivity index (χ0n) is 11.6. The number of hydrogen-bond acceptors (Lipinski definition) is 4. The molecule has 0 unspecified atom stereocenters. The van der Waals surface area contributed by atoms with Crippen molar-refractivity contribution < 1.29 is 0 Å². The van der Waals surface area contributed by atoms with E-state index in [2.05, 4.69) is 33.3 Å². The molecule has 0 amide bonds. The molecule has 0 spiro atoms. The molecular weight excluding hydrogens is 268 g/mol. The number of fused-ring (bicyclic) bond motifs is 1. The van der Waals surface area contributed by atoms with Gasteiger partial charge in [-0.1, -0.05) is 30.4 Å². The van der Waals surface area contributed by atoms with E-state index in [4.69, 9.17) is 18.0 Å². The number of benzene rings is 1. The third-order valence-corrected chi connectivity index (χ3v) is 4.03. The average molecular weight is 284 g/mol. The highest BCUT2D eigenvalue weighted by Gasteiger charge is 2.25. The lowest BCUT2D eigenvalue weighted by Gasteiger charge is -2.22. The van der Waals surface area contributed by atoms with Gasteiger partial charge in [-0.05, 0) is 37.5 Å². The van der Waals surface area contributed by atoms with Crippen LogP contribution in [-0.2, 0) is 6.42 Å². The predicted molar refractivity (Wildman–Crippen MR) is 84.5 cm³/mol. The summed E-state index contributed by atoms with van der Waals surface area (Å²) in [6, 6.07) is 8.34. The molecule has 1 aromatic carbocycles. The van der Waals surface area contributed by atoms with Crippen molar-refractivity contribution in [3.63, 3.8) is 0 Å². The number of thiocarbonyl (C=S) groups is 1. The standard InChI is InChI=1S/C15H16N4S/c1-9-10(2)17-18-15(13(9)14(16)20)19-8-7-11-5-3-4-6-12(11)19/h3-6H,7-8H2,1-2H3,(H2,16,20). The van der Waals surface area contributed by atoms with Gasteiger partial charge < -0.3 is 10.6 Å². The van der Waals surface area contributed by atoms with Gasteiger partial charge in [0, 0.05) is 12.2 Å². The molecule has 2 N–H and O–H groups in total. The van der Waals surface area contributed by atoms with E-state index in [0.29, 0.717) is 4.99 Å². The minimum atomic E-state index is 0.375. The van der Waals surface area contributed by atoms with Gasteiger partial charge in [-0.3, -0.25) is 0 Å². The third-order valence-electron chi connectivity index (χ3n) is 3.83. The SMILES string of the molecule is Cc1nnc(N2CCc3ccccc32)c(C(N)=S)c1C. The van der Waals surface area contributed by atoms with E-state index in [9.17, 15) is 0 Å². The van der Waals surface area contributed by atoms with E-state index in [-0.39, 0.29) is 0 Å². The first-order chi connectivity index (χ1) is 9.59. The van der Waals surface area contributed by atoms with Gasteiger partial charge in [0.1, 0.15) is 4.99 Å². The summed E-state index contributed by atoms with van der Waals surface area (Å²) >= 11 is 5.21. The molecule has 0 radical (unpaired) electrons. The molecule has 1 aliphatic heterocycles. The molecule has 0 saturated heterocycles. The Bertz CT molecular complexity index is 696. The molecule has 0 aliphatic carbocycles. The van der Waals surface area contributed by atoms with Gasteiger partial charge in [0.15, 0.2) is 5.82 Å². The molecule has 0 atom stereocenters. The summed E-state index contributed by atoms with van der Waals surface area (Å²) in [4.78, 5) is 2.53. The number of hydrogen-bond donors (Lipinski definition) is 1. The molecule has 2 heterocycles. The maximum atomic E-state index is 5.91. The molecule has 0 fully saturated rings. The van der Waals surface area contributed by atoms with E-state index in [0.717, 1.165) is 35.6 Å². The molecule has 1 aliphatic rings. The van der Waals surface area contributed by atoms with Crippen LogP contribution in [0.5, 0.6) is 0 Å². The van der Waals surface area contributed by atoms with Gasteiger partial charge in [-0.15, -0.1) is 5.10 Å². The Morgan fingerprint density at radius 1 is 1.25 bits per heavy atom. The van der Waals surface area contributed by atoms with Gasteiger partial charge in [-0.2, -0.15) is 5.10 Å². The Hall–Kier alpha value is -2.01. The van der Waals surface area contributed by atoms with Crippen molar-refractivity contribution in [2.24, 2.45) is 5.73 Å². The zero-order chi connectivity index (χ0) is 14.3. The van der Waals surface area contributed by atoms with Crippen LogP contribution in [0.25, 0.3) is 0 Å². The molecule has 2 aromatic rings. The first-order valence-electron chi connectivity index (χ1n) is 6.58. The van der Waals surface area contributed by atoms with Crippen LogP contribution >= 0.6 is 12.2 Å². The largest absolute Gasteiger partial charge is 0.389 e. The first kappa shape index (κ1) is 13.0. The highest BCUT2D eigenvalue weighted by atomic mass is 32.1. The van der Waals surface area contributed by atoms with Gasteiger partial charge in [0.05, 0.1) is 11.3 Å². The molecule has 0 bridgehead atoms. The van der Waals surface area contributed by atoms with Crippen LogP contribution in [0.3, 0.4) is 0 Å². The first-order valence-corrected chi connectivity index (χ1v) is 6.99. The fourth-order valence-corrected chi connectivity index (χ4v) is 2.88. The lowest BCUT2D eigenvalue weighted by Crippen LogP contribution is -2.23. The molecule has 20 heavy (non-hydrogen) atoms. The number of para-hydroxylation sites is 1. The van der Waals surface area contributed by atoms with Crippen LogP contribution in [0.15, 0.2) is 24.3 Å². The van der Waals surface area contributed by atoms with Crippen LogP contribution in [0, 0.1) is 13.8 Å². The fourth-order valence-electron chi connectivity index (χ4n) is 2.64. The number of nitrogens with zero attached hydrogens (tertiary/aromatic N) is 3. The van der Waals surface area contributed by atoms with Crippen molar-refractivity contribution in [1.29, 1.82) is 0 Å². The third kappa shape index (κ3) is 1.94. The van der Waals surface area contributed by atoms with Gasteiger partial charge in [-0.25, -0.2) is 0 Å². The second-order valence-corrected chi connectivity index (χ2v) is 5.44. The van der Waals surface area contributed by atoms with E-state index < -0.39 is 0 Å². The van der Waals surface area contributed by atoms with Gasteiger partial charge in [0.25, 0.3) is 0 Å². The van der Waals surface area contributed by atoms with Gasteiger partial charge in [0.2, 0.25) is 0 Å². The second kappa shape index (κ2) is 4.83. The average Bonchev–Trinajstić information content (AvgIpc) is 2.85. The Morgan fingerprint density at radius 2 is 2.00 bits per heavy atom. The minimum absolute atomic E-state index is 0.375. The highest BCUT2D eigenvalue weighted by molar-refractivity contribution is 7.80. The Kier molecular flexibility index (Phi) is 3.14. The Balaban J connectivity index is 2.17. The summed E-state index contributed by atoms with van der Waals surface area (Å²) in [5, 5.41) is 8.58. The molecule has 5 heteroatoms. The highest BCUT2D eigenvalue weighted by Crippen LogP contribution is 2.35. The van der Waals surface area contributed by atoms with Crippen molar-refractivity contribution in [3.05, 3.63) is 46.6 Å². The smallest absolute Gasteiger partial charge is 0.166 e. The summed E-state index contributed by atoms with van der Waals surface area (Å²) in [6.45, 7) is 4.79. The maximum absolute atomic E-state index is 5.91. The molecule has 4 nitrogen and oxygen atoms in total. The van der Waals surface area contributed by atoms with Crippen LogP contribution in [-0.4, -0.2) is 21.7 Å². The lowest BCUT2D eigenvalue weighted by molar-refractivity contribution is 0.897.